The molecule has 0 amide bonds. The van der Waals surface area contributed by atoms with E-state index in [1.165, 1.54) is 16.1 Å². The zero-order valence-corrected chi connectivity index (χ0v) is 15.5. The van der Waals surface area contributed by atoms with Crippen LogP contribution in [-0.2, 0) is 16.4 Å². The molecule has 0 aliphatic heterocycles. The first-order valence-electron chi connectivity index (χ1n) is 8.04. The molecule has 0 fully saturated rings. The van der Waals surface area contributed by atoms with Crippen LogP contribution in [-0.4, -0.2) is 36.0 Å². The molecule has 0 bridgehead atoms. The van der Waals surface area contributed by atoms with Crippen LogP contribution in [0.5, 0.6) is 0 Å². The molecule has 7 heteroatoms. The van der Waals surface area contributed by atoms with Gasteiger partial charge in [-0.25, -0.2) is 13.4 Å². The summed E-state index contributed by atoms with van der Waals surface area (Å²) in [6, 6.07) is 9.50. The van der Waals surface area contributed by atoms with Crippen LogP contribution in [0.25, 0.3) is 11.1 Å². The van der Waals surface area contributed by atoms with Crippen molar-refractivity contribution < 1.29 is 12.9 Å². The fourth-order valence-electron chi connectivity index (χ4n) is 2.66. The highest BCUT2D eigenvalue weighted by Gasteiger charge is 2.26. The smallest absolute Gasteiger partial charge is 0.257 e. The highest BCUT2D eigenvalue weighted by atomic mass is 32.2. The molecule has 0 saturated heterocycles. The summed E-state index contributed by atoms with van der Waals surface area (Å²) in [6.07, 6.45) is 1.95. The van der Waals surface area contributed by atoms with Crippen LogP contribution in [0.2, 0.25) is 0 Å². The molecule has 0 spiro atoms. The van der Waals surface area contributed by atoms with Crippen LogP contribution in [0.15, 0.2) is 45.9 Å². The first-order valence-corrected chi connectivity index (χ1v) is 9.48. The van der Waals surface area contributed by atoms with Gasteiger partial charge in [0.25, 0.3) is 5.71 Å². The normalized spacial score (nSPS) is 13.5. The number of benzene rings is 1. The highest BCUT2D eigenvalue weighted by Crippen LogP contribution is 2.23. The second kappa shape index (κ2) is 6.57. The summed E-state index contributed by atoms with van der Waals surface area (Å²) in [6.45, 7) is 5.68. The molecule has 25 heavy (non-hydrogen) atoms. The van der Waals surface area contributed by atoms with Crippen molar-refractivity contribution in [1.82, 2.24) is 14.4 Å². The maximum atomic E-state index is 12.9. The third-order valence-electron chi connectivity index (χ3n) is 4.43. The number of sulfonamides is 1. The van der Waals surface area contributed by atoms with E-state index in [9.17, 15) is 8.42 Å². The molecule has 2 aromatic heterocycles. The topological polar surface area (TPSA) is 76.3 Å². The summed E-state index contributed by atoms with van der Waals surface area (Å²) in [5.74, 6) is 0. The van der Waals surface area contributed by atoms with Crippen LogP contribution in [0.3, 0.4) is 0 Å². The number of nitrogens with zero attached hydrogens (tertiary/aromatic N) is 3. The minimum absolute atomic E-state index is 0.143. The molecular weight excluding hydrogens is 338 g/mol. The number of aromatic nitrogens is 2. The molecule has 0 radical (unpaired) electrons. The number of pyridine rings is 1. The molecule has 0 saturated carbocycles. The number of likely N-dealkylation sites (N-methyl/N-ethyl adjacent to an activating group) is 1. The zero-order valence-electron chi connectivity index (χ0n) is 14.7. The quantitative estimate of drug-likeness (QED) is 0.700. The lowest BCUT2D eigenvalue weighted by Gasteiger charge is -2.24. The van der Waals surface area contributed by atoms with Gasteiger partial charge in [0.2, 0.25) is 10.0 Å². The van der Waals surface area contributed by atoms with E-state index < -0.39 is 10.0 Å². The predicted octanol–water partition coefficient (Wildman–Crippen LogP) is 3.09. The van der Waals surface area contributed by atoms with Crippen molar-refractivity contribution in [3.63, 3.8) is 0 Å². The second-order valence-corrected chi connectivity index (χ2v) is 8.35. The standard InChI is InChI=1S/C18H21N3O3S/c1-12-5-7-15(8-6-12)9-13(2)21(4)25(22,23)16-10-17-14(3)20-24-18(17)19-11-16/h5-8,10-11,13H,9H2,1-4H3. The van der Waals surface area contributed by atoms with E-state index in [-0.39, 0.29) is 10.9 Å². The van der Waals surface area contributed by atoms with Gasteiger partial charge < -0.3 is 4.52 Å². The Morgan fingerprint density at radius 1 is 1.20 bits per heavy atom. The van der Waals surface area contributed by atoms with E-state index in [0.717, 1.165) is 5.56 Å². The van der Waals surface area contributed by atoms with E-state index >= 15 is 0 Å². The maximum absolute atomic E-state index is 12.9. The molecule has 1 unspecified atom stereocenters. The first kappa shape index (κ1) is 17.6. The van der Waals surface area contributed by atoms with E-state index in [4.69, 9.17) is 4.52 Å². The molecule has 6 nitrogen and oxygen atoms in total. The predicted molar refractivity (Wildman–Crippen MR) is 95.8 cm³/mol. The van der Waals surface area contributed by atoms with Crippen LogP contribution in [0, 0.1) is 13.8 Å². The Balaban J connectivity index is 1.86. The average molecular weight is 359 g/mol. The lowest BCUT2D eigenvalue weighted by molar-refractivity contribution is 0.386. The van der Waals surface area contributed by atoms with Crippen molar-refractivity contribution >= 4 is 21.1 Å². The average Bonchev–Trinajstić information content (AvgIpc) is 2.97. The fraction of sp³-hybridized carbons (Fsp3) is 0.333. The SMILES string of the molecule is Cc1ccc(CC(C)N(C)S(=O)(=O)c2cnc3onc(C)c3c2)cc1. The third kappa shape index (κ3) is 3.43. The minimum atomic E-state index is -3.65. The number of hydrogen-bond acceptors (Lipinski definition) is 5. The van der Waals surface area contributed by atoms with Crippen LogP contribution < -0.4 is 0 Å². The van der Waals surface area contributed by atoms with Gasteiger partial charge in [0.15, 0.2) is 0 Å². The van der Waals surface area contributed by atoms with Crippen molar-refractivity contribution in [2.45, 2.75) is 38.1 Å². The Kier molecular flexibility index (Phi) is 4.62. The second-order valence-electron chi connectivity index (χ2n) is 6.35. The Bertz CT molecular complexity index is 994. The summed E-state index contributed by atoms with van der Waals surface area (Å²) in [5.41, 5.74) is 3.24. The van der Waals surface area contributed by atoms with Gasteiger partial charge >= 0.3 is 0 Å². The molecule has 132 valence electrons. The summed E-state index contributed by atoms with van der Waals surface area (Å²) in [4.78, 5) is 4.21. The number of aryl methyl sites for hydroxylation is 2. The number of fused-ring (bicyclic) bond motifs is 1. The van der Waals surface area contributed by atoms with Crippen LogP contribution in [0.1, 0.15) is 23.7 Å². The van der Waals surface area contributed by atoms with Crippen LogP contribution in [0.4, 0.5) is 0 Å². The van der Waals surface area contributed by atoms with E-state index in [1.54, 1.807) is 20.0 Å². The van der Waals surface area contributed by atoms with Crippen LogP contribution >= 0.6 is 0 Å². The molecule has 1 atom stereocenters. The van der Waals surface area contributed by atoms with Gasteiger partial charge in [-0.05, 0) is 38.8 Å². The lowest BCUT2D eigenvalue weighted by Crippen LogP contribution is -2.36. The van der Waals surface area contributed by atoms with E-state index in [1.807, 2.05) is 38.1 Å². The Labute approximate surface area is 147 Å². The maximum Gasteiger partial charge on any atom is 0.257 e. The molecule has 1 aromatic carbocycles. The first-order chi connectivity index (χ1) is 11.8. The monoisotopic (exact) mass is 359 g/mol. The molecule has 0 aliphatic carbocycles. The lowest BCUT2D eigenvalue weighted by atomic mass is 10.1. The zero-order chi connectivity index (χ0) is 18.2. The van der Waals surface area contributed by atoms with Gasteiger partial charge in [-0.1, -0.05) is 35.0 Å². The van der Waals surface area contributed by atoms with Crippen molar-refractivity contribution in [1.29, 1.82) is 0 Å². The van der Waals surface area contributed by atoms with Crippen molar-refractivity contribution in [3.8, 4) is 0 Å². The summed E-state index contributed by atoms with van der Waals surface area (Å²) >= 11 is 0. The van der Waals surface area contributed by atoms with Gasteiger partial charge in [-0.2, -0.15) is 4.31 Å². The summed E-state index contributed by atoms with van der Waals surface area (Å²) in [7, 11) is -2.06. The van der Waals surface area contributed by atoms with E-state index in [2.05, 4.69) is 10.1 Å². The molecular formula is C18H21N3O3S. The van der Waals surface area contributed by atoms with Gasteiger partial charge in [-0.3, -0.25) is 0 Å². The summed E-state index contributed by atoms with van der Waals surface area (Å²) < 4.78 is 32.3. The third-order valence-corrected chi connectivity index (χ3v) is 6.37. The largest absolute Gasteiger partial charge is 0.336 e. The molecule has 0 N–H and O–H groups in total. The molecule has 3 aromatic rings. The van der Waals surface area contributed by atoms with Gasteiger partial charge in [0.1, 0.15) is 4.90 Å². The molecule has 0 aliphatic rings. The van der Waals surface area contributed by atoms with Crippen molar-refractivity contribution in [2.24, 2.45) is 0 Å². The number of hydrogen-bond donors (Lipinski definition) is 0. The Hall–Kier alpha value is -2.25. The minimum Gasteiger partial charge on any atom is -0.336 e. The van der Waals surface area contributed by atoms with Crippen molar-refractivity contribution in [3.05, 3.63) is 53.3 Å². The Morgan fingerprint density at radius 3 is 2.56 bits per heavy atom. The molecule has 3 rings (SSSR count). The van der Waals surface area contributed by atoms with Crippen molar-refractivity contribution in [2.75, 3.05) is 7.05 Å². The summed E-state index contributed by atoms with van der Waals surface area (Å²) in [5, 5.41) is 4.43. The van der Waals surface area contributed by atoms with E-state index in [0.29, 0.717) is 23.2 Å². The van der Waals surface area contributed by atoms with Gasteiger partial charge in [0.05, 0.1) is 17.3 Å². The Morgan fingerprint density at radius 2 is 1.88 bits per heavy atom. The number of rotatable bonds is 5. The van der Waals surface area contributed by atoms with Gasteiger partial charge in [0, 0.05) is 13.1 Å². The van der Waals surface area contributed by atoms with Gasteiger partial charge in [-0.15, -0.1) is 0 Å². The molecule has 2 heterocycles. The highest BCUT2D eigenvalue weighted by molar-refractivity contribution is 7.89. The fourth-order valence-corrected chi connectivity index (χ4v) is 4.00.